The molecule has 3 atom stereocenters. The lowest BCUT2D eigenvalue weighted by Gasteiger charge is -2.17. The summed E-state index contributed by atoms with van der Waals surface area (Å²) in [5, 5.41) is 15.8. The van der Waals surface area contributed by atoms with E-state index in [-0.39, 0.29) is 12.8 Å². The number of nitrogen functional groups attached to an aromatic ring is 1. The number of nitrogens with two attached hydrogens (primary N) is 1. The topological polar surface area (TPSA) is 120 Å². The van der Waals surface area contributed by atoms with Crippen molar-refractivity contribution >= 4 is 33.6 Å². The van der Waals surface area contributed by atoms with Crippen molar-refractivity contribution in [1.82, 2.24) is 19.5 Å². The third-order valence-electron chi connectivity index (χ3n) is 6.06. The fraction of sp³-hybridized carbons (Fsp3) is 0.348. The molecule has 3 aromatic heterocycles. The molecule has 4 heterocycles. The number of anilines is 2. The molecule has 2 fully saturated rings. The van der Waals surface area contributed by atoms with Crippen molar-refractivity contribution in [1.29, 1.82) is 0 Å². The van der Waals surface area contributed by atoms with Crippen LogP contribution in [0.3, 0.4) is 0 Å². The first-order chi connectivity index (χ1) is 15.6. The van der Waals surface area contributed by atoms with Gasteiger partial charge >= 0.3 is 0 Å². The summed E-state index contributed by atoms with van der Waals surface area (Å²) in [4.78, 5) is 13.0. The van der Waals surface area contributed by atoms with Crippen LogP contribution in [0.4, 0.5) is 11.6 Å². The second kappa shape index (κ2) is 7.61. The minimum absolute atomic E-state index is 0.236. The minimum atomic E-state index is -0.649. The Morgan fingerprint density at radius 3 is 2.94 bits per heavy atom. The summed E-state index contributed by atoms with van der Waals surface area (Å²) in [7, 11) is 0. The van der Waals surface area contributed by atoms with Gasteiger partial charge in [0.2, 0.25) is 0 Å². The van der Waals surface area contributed by atoms with Crippen LogP contribution >= 0.6 is 0 Å². The molecule has 9 heteroatoms. The zero-order valence-corrected chi connectivity index (χ0v) is 17.4. The average molecular weight is 432 g/mol. The molecule has 0 radical (unpaired) electrons. The molecule has 4 aromatic rings. The Balaban J connectivity index is 1.15. The van der Waals surface area contributed by atoms with E-state index in [0.29, 0.717) is 29.7 Å². The quantitative estimate of drug-likeness (QED) is 0.425. The van der Waals surface area contributed by atoms with Gasteiger partial charge in [-0.25, -0.2) is 15.0 Å². The molecule has 0 bridgehead atoms. The molecule has 0 amide bonds. The number of nitrogens with zero attached hydrogens (tertiary/aromatic N) is 4. The van der Waals surface area contributed by atoms with Gasteiger partial charge in [0.25, 0.3) is 0 Å². The summed E-state index contributed by atoms with van der Waals surface area (Å²) in [5.41, 5.74) is 7.48. The van der Waals surface area contributed by atoms with Gasteiger partial charge in [-0.3, -0.25) is 0 Å². The molecule has 0 unspecified atom stereocenters. The molecule has 1 saturated heterocycles. The first-order valence-electron chi connectivity index (χ1n) is 10.8. The lowest BCUT2D eigenvalue weighted by Crippen LogP contribution is -2.28. The predicted molar refractivity (Wildman–Crippen MR) is 120 cm³/mol. The van der Waals surface area contributed by atoms with Crippen LogP contribution in [0, 0.1) is 0 Å². The zero-order chi connectivity index (χ0) is 21.7. The highest BCUT2D eigenvalue weighted by atomic mass is 16.6. The van der Waals surface area contributed by atoms with Crippen molar-refractivity contribution in [2.45, 2.75) is 43.7 Å². The molecular formula is C23H24N6O3. The second-order valence-electron chi connectivity index (χ2n) is 8.43. The van der Waals surface area contributed by atoms with Crippen molar-refractivity contribution in [2.75, 3.05) is 17.7 Å². The van der Waals surface area contributed by atoms with Gasteiger partial charge in [-0.2, -0.15) is 0 Å². The molecule has 164 valence electrons. The maximum Gasteiger partial charge on any atom is 0.147 e. The van der Waals surface area contributed by atoms with E-state index in [0.717, 1.165) is 22.1 Å². The lowest BCUT2D eigenvalue weighted by molar-refractivity contribution is -0.0379. The van der Waals surface area contributed by atoms with E-state index >= 15 is 0 Å². The molecule has 1 aliphatic heterocycles. The van der Waals surface area contributed by atoms with Crippen LogP contribution in [0.25, 0.3) is 21.9 Å². The van der Waals surface area contributed by atoms with E-state index in [4.69, 9.17) is 20.2 Å². The maximum absolute atomic E-state index is 10.6. The average Bonchev–Trinajstić information content (AvgIpc) is 3.37. The SMILES string of the molecule is Nc1ncnc2c1ccn2[C@H]1C[C@H](O)[C@@H](COc2ccc3ccc(NC4CC4)nc3c2)O1. The summed E-state index contributed by atoms with van der Waals surface area (Å²) in [6.45, 7) is 0.236. The van der Waals surface area contributed by atoms with Crippen molar-refractivity contribution in [3.8, 4) is 5.75 Å². The van der Waals surface area contributed by atoms with Crippen molar-refractivity contribution < 1.29 is 14.6 Å². The molecule has 9 nitrogen and oxygen atoms in total. The molecule has 6 rings (SSSR count). The number of ether oxygens (including phenoxy) is 2. The van der Waals surface area contributed by atoms with Crippen LogP contribution in [0.5, 0.6) is 5.75 Å². The third-order valence-corrected chi connectivity index (χ3v) is 6.06. The number of hydrogen-bond acceptors (Lipinski definition) is 8. The Hall–Kier alpha value is -3.43. The molecule has 0 spiro atoms. The molecular weight excluding hydrogens is 408 g/mol. The van der Waals surface area contributed by atoms with E-state index in [1.54, 1.807) is 0 Å². The highest BCUT2D eigenvalue weighted by Gasteiger charge is 2.36. The van der Waals surface area contributed by atoms with E-state index in [9.17, 15) is 5.11 Å². The monoisotopic (exact) mass is 432 g/mol. The molecule has 1 aromatic carbocycles. The summed E-state index contributed by atoms with van der Waals surface area (Å²) < 4.78 is 14.0. The standard InChI is InChI=1S/C23H24N6O3/c24-22-16-7-8-29(23(16)26-12-25-22)21-10-18(30)19(32-21)11-31-15-5-1-13-2-6-20(27-14-3-4-14)28-17(13)9-15/h1-2,5-9,12,14,18-19,21,30H,3-4,10-11H2,(H,27,28)(H2,24,25,26)/t18-,19+,21+/m0/s1. The predicted octanol–water partition coefficient (Wildman–Crippen LogP) is 2.86. The van der Waals surface area contributed by atoms with Gasteiger partial charge < -0.3 is 30.2 Å². The van der Waals surface area contributed by atoms with E-state index in [1.807, 2.05) is 41.1 Å². The number of pyridine rings is 1. The highest BCUT2D eigenvalue weighted by molar-refractivity contribution is 5.86. The number of aliphatic hydroxyl groups excluding tert-OH is 1. The summed E-state index contributed by atoms with van der Waals surface area (Å²) in [5.74, 6) is 2.00. The number of fused-ring (bicyclic) bond motifs is 2. The molecule has 1 aliphatic carbocycles. The largest absolute Gasteiger partial charge is 0.491 e. The van der Waals surface area contributed by atoms with E-state index < -0.39 is 12.2 Å². The third kappa shape index (κ3) is 3.59. The lowest BCUT2D eigenvalue weighted by atomic mass is 10.2. The Labute approximate surface area is 184 Å². The Bertz CT molecular complexity index is 1290. The van der Waals surface area contributed by atoms with Gasteiger partial charge in [-0.1, -0.05) is 0 Å². The molecule has 4 N–H and O–H groups in total. The molecule has 32 heavy (non-hydrogen) atoms. The normalized spacial score (nSPS) is 23.1. The number of aliphatic hydroxyl groups is 1. The van der Waals surface area contributed by atoms with Gasteiger partial charge in [-0.05, 0) is 43.2 Å². The van der Waals surface area contributed by atoms with Crippen LogP contribution in [0.2, 0.25) is 0 Å². The Morgan fingerprint density at radius 1 is 1.19 bits per heavy atom. The minimum Gasteiger partial charge on any atom is -0.491 e. The number of nitrogens with one attached hydrogen (secondary N) is 1. The zero-order valence-electron chi connectivity index (χ0n) is 17.4. The second-order valence-corrected chi connectivity index (χ2v) is 8.43. The first-order valence-corrected chi connectivity index (χ1v) is 10.8. The maximum atomic E-state index is 10.6. The first kappa shape index (κ1) is 19.3. The molecule has 2 aliphatic rings. The van der Waals surface area contributed by atoms with Gasteiger partial charge in [0.05, 0.1) is 17.0 Å². The van der Waals surface area contributed by atoms with Crippen LogP contribution in [-0.4, -0.2) is 49.5 Å². The number of benzene rings is 1. The van der Waals surface area contributed by atoms with E-state index in [1.165, 1.54) is 19.2 Å². The fourth-order valence-corrected chi connectivity index (χ4v) is 4.14. The van der Waals surface area contributed by atoms with Crippen LogP contribution in [0.1, 0.15) is 25.5 Å². The summed E-state index contributed by atoms with van der Waals surface area (Å²) >= 11 is 0. The summed E-state index contributed by atoms with van der Waals surface area (Å²) in [6, 6.07) is 12.3. The van der Waals surface area contributed by atoms with E-state index in [2.05, 4.69) is 21.4 Å². The number of hydrogen-bond donors (Lipinski definition) is 3. The van der Waals surface area contributed by atoms with Crippen LogP contribution in [0.15, 0.2) is 48.9 Å². The highest BCUT2D eigenvalue weighted by Crippen LogP contribution is 2.33. The smallest absolute Gasteiger partial charge is 0.147 e. The number of rotatable bonds is 6. The summed E-state index contributed by atoms with van der Waals surface area (Å²) in [6.07, 6.45) is 4.68. The van der Waals surface area contributed by atoms with Crippen molar-refractivity contribution in [2.24, 2.45) is 0 Å². The van der Waals surface area contributed by atoms with Gasteiger partial charge in [-0.15, -0.1) is 0 Å². The Morgan fingerprint density at radius 2 is 2.06 bits per heavy atom. The van der Waals surface area contributed by atoms with Gasteiger partial charge in [0, 0.05) is 30.1 Å². The van der Waals surface area contributed by atoms with Gasteiger partial charge in [0.15, 0.2) is 0 Å². The van der Waals surface area contributed by atoms with Gasteiger partial charge in [0.1, 0.15) is 48.3 Å². The van der Waals surface area contributed by atoms with Crippen LogP contribution < -0.4 is 15.8 Å². The van der Waals surface area contributed by atoms with Crippen molar-refractivity contribution in [3.63, 3.8) is 0 Å². The number of aromatic nitrogens is 4. The van der Waals surface area contributed by atoms with Crippen molar-refractivity contribution in [3.05, 3.63) is 48.9 Å². The Kier molecular flexibility index (Phi) is 4.58. The fourth-order valence-electron chi connectivity index (χ4n) is 4.14. The molecule has 1 saturated carbocycles. The van der Waals surface area contributed by atoms with Crippen LogP contribution in [-0.2, 0) is 4.74 Å².